The van der Waals surface area contributed by atoms with Gasteiger partial charge < -0.3 is 39.2 Å². The van der Waals surface area contributed by atoms with Gasteiger partial charge in [-0.2, -0.15) is 0 Å². The van der Waals surface area contributed by atoms with Gasteiger partial charge in [-0.05, 0) is 141 Å². The summed E-state index contributed by atoms with van der Waals surface area (Å²) in [6.45, 7) is 12.0. The summed E-state index contributed by atoms with van der Waals surface area (Å²) in [6.07, 6.45) is 55.5. The topological polar surface area (TPSA) is 25.9 Å². The molecule has 1 fully saturated rings. The van der Waals surface area contributed by atoms with Crippen molar-refractivity contribution in [3.05, 3.63) is 122 Å². The second kappa shape index (κ2) is 37.8. The van der Waals surface area contributed by atoms with Gasteiger partial charge in [-0.3, -0.25) is 0 Å². The van der Waals surface area contributed by atoms with Crippen molar-refractivity contribution < 1.29 is 0 Å². The first kappa shape index (κ1) is 53.3. The number of hydrogen-bond acceptors (Lipinski definition) is 8. The molecule has 0 atom stereocenters. The lowest BCUT2D eigenvalue weighted by Crippen LogP contribution is -2.24. The van der Waals surface area contributed by atoms with E-state index in [1.807, 2.05) is 24.1 Å². The normalized spacial score (nSPS) is 20.5. The molecule has 1 saturated heterocycles. The van der Waals surface area contributed by atoms with Crippen LogP contribution in [-0.2, 0) is 0 Å². The molecular weight excluding hydrogens is 701 g/mol. The maximum atomic E-state index is 2.39. The molecule has 0 bridgehead atoms. The number of piperidine rings is 1. The maximum Gasteiger partial charge on any atom is 0.0353 e. The van der Waals surface area contributed by atoms with Crippen molar-refractivity contribution in [3.8, 4) is 0 Å². The Morgan fingerprint density at radius 2 is 0.754 bits per heavy atom. The third kappa shape index (κ3) is 36.4. The molecular formula is C49H88N8. The Hall–Kier alpha value is -3.72. The SMILES string of the molecule is C.CN1C=CC=CC1.CN1C=CC=CC1.CN1C=CCC=C1.CN1C=CCCC1.CN1C=CCCC1.CN1CC=CCC1.CN1CC=CCC1.CN1CCCCC1. The first-order valence-corrected chi connectivity index (χ1v) is 21.4. The summed E-state index contributed by atoms with van der Waals surface area (Å²) in [5, 5.41) is 0. The lowest BCUT2D eigenvalue weighted by molar-refractivity contribution is 0.277. The van der Waals surface area contributed by atoms with E-state index in [4.69, 9.17) is 0 Å². The van der Waals surface area contributed by atoms with Crippen LogP contribution in [0.1, 0.15) is 71.6 Å². The van der Waals surface area contributed by atoms with E-state index < -0.39 is 0 Å². The fourth-order valence-corrected chi connectivity index (χ4v) is 5.85. The number of likely N-dealkylation sites (N-methyl/N-ethyl adjacent to an activating group) is 4. The van der Waals surface area contributed by atoms with Crippen LogP contribution in [0.4, 0.5) is 0 Å². The van der Waals surface area contributed by atoms with Crippen molar-refractivity contribution in [2.75, 3.05) is 122 Å². The molecule has 8 aliphatic heterocycles. The zero-order chi connectivity index (χ0) is 40.9. The number of rotatable bonds is 0. The summed E-state index contributed by atoms with van der Waals surface area (Å²) in [5.74, 6) is 0. The summed E-state index contributed by atoms with van der Waals surface area (Å²) in [6, 6.07) is 0. The van der Waals surface area contributed by atoms with Crippen LogP contribution in [-0.4, -0.2) is 161 Å². The molecule has 0 spiro atoms. The van der Waals surface area contributed by atoms with Crippen molar-refractivity contribution in [3.63, 3.8) is 0 Å². The minimum absolute atomic E-state index is 0. The molecule has 0 aliphatic carbocycles. The first-order chi connectivity index (χ1) is 27.2. The molecule has 0 radical (unpaired) electrons. The summed E-state index contributed by atoms with van der Waals surface area (Å²) >= 11 is 0. The number of nitrogens with zero attached hydrogens (tertiary/aromatic N) is 8. The van der Waals surface area contributed by atoms with Crippen molar-refractivity contribution in [2.45, 2.75) is 71.6 Å². The Morgan fingerprint density at radius 3 is 0.930 bits per heavy atom. The average Bonchev–Trinajstić information content (AvgIpc) is 3.22. The van der Waals surface area contributed by atoms with E-state index in [2.05, 4.69) is 194 Å². The Bertz CT molecular complexity index is 1130. The van der Waals surface area contributed by atoms with Crippen molar-refractivity contribution in [1.29, 1.82) is 0 Å². The van der Waals surface area contributed by atoms with Gasteiger partial charge in [0, 0.05) is 87.6 Å². The molecule has 0 aromatic carbocycles. The van der Waals surface area contributed by atoms with E-state index in [1.54, 1.807) is 0 Å². The van der Waals surface area contributed by atoms with Gasteiger partial charge in [0.1, 0.15) is 0 Å². The van der Waals surface area contributed by atoms with E-state index in [0.717, 1.165) is 32.6 Å². The predicted molar refractivity (Wildman–Crippen MR) is 255 cm³/mol. The first-order valence-electron chi connectivity index (χ1n) is 21.4. The predicted octanol–water partition coefficient (Wildman–Crippen LogP) is 9.30. The van der Waals surface area contributed by atoms with Crippen LogP contribution in [0.25, 0.3) is 0 Å². The summed E-state index contributed by atoms with van der Waals surface area (Å²) in [7, 11) is 16.8. The Kier molecular flexibility index (Phi) is 35.4. The highest BCUT2D eigenvalue weighted by atomic mass is 15.1. The second-order valence-electron chi connectivity index (χ2n) is 15.5. The van der Waals surface area contributed by atoms with Gasteiger partial charge in [0.2, 0.25) is 0 Å². The van der Waals surface area contributed by atoms with Crippen molar-refractivity contribution in [1.82, 2.24) is 39.2 Å². The van der Waals surface area contributed by atoms with E-state index in [-0.39, 0.29) is 7.43 Å². The third-order valence-electron chi connectivity index (χ3n) is 9.50. The molecule has 8 heterocycles. The van der Waals surface area contributed by atoms with Gasteiger partial charge in [-0.15, -0.1) is 0 Å². The number of allylic oxidation sites excluding steroid dienone is 8. The molecule has 8 nitrogen and oxygen atoms in total. The Balaban J connectivity index is 0.000000627. The molecule has 8 heteroatoms. The van der Waals surface area contributed by atoms with Crippen LogP contribution in [0.15, 0.2) is 122 Å². The van der Waals surface area contributed by atoms with E-state index in [0.29, 0.717) is 0 Å². The summed E-state index contributed by atoms with van der Waals surface area (Å²) in [5.41, 5.74) is 0. The van der Waals surface area contributed by atoms with Gasteiger partial charge in [-0.1, -0.05) is 86.8 Å². The van der Waals surface area contributed by atoms with Gasteiger partial charge in [-0.25, -0.2) is 0 Å². The highest BCUT2D eigenvalue weighted by Gasteiger charge is 2.02. The summed E-state index contributed by atoms with van der Waals surface area (Å²) in [4.78, 5) is 17.7. The van der Waals surface area contributed by atoms with Crippen LogP contribution in [0, 0.1) is 0 Å². The number of hydrogen-bond donors (Lipinski definition) is 0. The van der Waals surface area contributed by atoms with Crippen LogP contribution in [0.3, 0.4) is 0 Å². The lowest BCUT2D eigenvalue weighted by atomic mass is 10.1. The van der Waals surface area contributed by atoms with E-state index >= 15 is 0 Å². The molecule has 0 unspecified atom stereocenters. The fourth-order valence-electron chi connectivity index (χ4n) is 5.85. The van der Waals surface area contributed by atoms with Crippen LogP contribution < -0.4 is 0 Å². The number of likely N-dealkylation sites (tertiary alicyclic amines) is 1. The standard InChI is InChI=1S/C6H13N.4C6H11N.3C6H9N.CH4/c8*1-7-5-3-2-4-6-7;/h2-6H2,1H3;2*3,5H,2,4,6H2,1H3;2*2-3H,4-6H2,1H3;3-6H,2H2,1H3;2*2-5H,6H2,1H3;1H4. The summed E-state index contributed by atoms with van der Waals surface area (Å²) < 4.78 is 0. The quantitative estimate of drug-likeness (QED) is 0.224. The highest BCUT2D eigenvalue weighted by molar-refractivity contribution is 5.08. The van der Waals surface area contributed by atoms with Crippen molar-refractivity contribution in [2.24, 2.45) is 0 Å². The minimum atomic E-state index is 0. The van der Waals surface area contributed by atoms with Gasteiger partial charge in [0.05, 0.1) is 0 Å². The van der Waals surface area contributed by atoms with E-state index in [9.17, 15) is 0 Å². The molecule has 57 heavy (non-hydrogen) atoms. The molecule has 0 amide bonds. The monoisotopic (exact) mass is 789 g/mol. The van der Waals surface area contributed by atoms with Gasteiger partial charge in [0.15, 0.2) is 0 Å². The zero-order valence-electron chi connectivity index (χ0n) is 37.3. The molecule has 0 aromatic heterocycles. The Labute approximate surface area is 353 Å². The minimum Gasteiger partial charge on any atom is -0.381 e. The Morgan fingerprint density at radius 1 is 0.298 bits per heavy atom. The fraction of sp³-hybridized carbons (Fsp3) is 0.592. The van der Waals surface area contributed by atoms with Gasteiger partial charge in [0.25, 0.3) is 0 Å². The molecule has 0 aromatic rings. The smallest absolute Gasteiger partial charge is 0.0353 e. The lowest BCUT2D eigenvalue weighted by Gasteiger charge is -2.20. The molecule has 0 N–H and O–H groups in total. The highest BCUT2D eigenvalue weighted by Crippen LogP contribution is 2.05. The third-order valence-corrected chi connectivity index (χ3v) is 9.50. The van der Waals surface area contributed by atoms with Crippen LogP contribution >= 0.6 is 0 Å². The maximum absolute atomic E-state index is 2.39. The molecule has 0 saturated carbocycles. The second-order valence-corrected chi connectivity index (χ2v) is 15.5. The van der Waals surface area contributed by atoms with E-state index in [1.165, 1.54) is 97.1 Å². The van der Waals surface area contributed by atoms with Crippen molar-refractivity contribution >= 4 is 0 Å². The molecule has 8 aliphatic rings. The van der Waals surface area contributed by atoms with Crippen LogP contribution in [0.2, 0.25) is 0 Å². The van der Waals surface area contributed by atoms with Crippen LogP contribution in [0.5, 0.6) is 0 Å². The molecule has 8 rings (SSSR count). The van der Waals surface area contributed by atoms with Gasteiger partial charge >= 0.3 is 0 Å². The molecule has 324 valence electrons. The largest absolute Gasteiger partial charge is 0.381 e. The average molecular weight is 789 g/mol. The zero-order valence-corrected chi connectivity index (χ0v) is 37.3.